The van der Waals surface area contributed by atoms with Gasteiger partial charge < -0.3 is 5.32 Å². The van der Waals surface area contributed by atoms with Gasteiger partial charge in [0.25, 0.3) is 0 Å². The number of nitrogens with zero attached hydrogens (tertiary/aromatic N) is 2. The Morgan fingerprint density at radius 2 is 2.00 bits per heavy atom. The van der Waals surface area contributed by atoms with Crippen LogP contribution in [0.2, 0.25) is 0 Å². The summed E-state index contributed by atoms with van der Waals surface area (Å²) in [4.78, 5) is 7.03. The largest absolute Gasteiger partial charge is 0.315 e. The number of pyridine rings is 1. The standard InChI is InChI=1S/C17H31N3/c1-6-8-17(12-18-11-14(2)3)20(5)13-16-10-7-9-15(4)19-16/h7,9-10,14,17-18H,6,8,11-13H2,1-5H3. The Hall–Kier alpha value is -0.930. The maximum Gasteiger partial charge on any atom is 0.0547 e. The van der Waals surface area contributed by atoms with Crippen LogP contribution in [0, 0.1) is 12.8 Å². The summed E-state index contributed by atoms with van der Waals surface area (Å²) in [7, 11) is 2.21. The molecule has 1 heterocycles. The van der Waals surface area contributed by atoms with Crippen LogP contribution in [0.5, 0.6) is 0 Å². The summed E-state index contributed by atoms with van der Waals surface area (Å²) in [6, 6.07) is 6.85. The predicted molar refractivity (Wildman–Crippen MR) is 86.8 cm³/mol. The van der Waals surface area contributed by atoms with Crippen molar-refractivity contribution in [2.45, 2.75) is 53.1 Å². The number of rotatable bonds is 9. The molecular formula is C17H31N3. The van der Waals surface area contributed by atoms with E-state index in [1.165, 1.54) is 12.8 Å². The molecule has 0 aliphatic rings. The number of likely N-dealkylation sites (N-methyl/N-ethyl adjacent to an activating group) is 1. The van der Waals surface area contributed by atoms with Crippen molar-refractivity contribution in [3.8, 4) is 0 Å². The van der Waals surface area contributed by atoms with Crippen molar-refractivity contribution in [2.75, 3.05) is 20.1 Å². The second-order valence-corrected chi connectivity index (χ2v) is 6.18. The van der Waals surface area contributed by atoms with Crippen molar-refractivity contribution < 1.29 is 0 Å². The molecule has 0 aromatic carbocycles. The fourth-order valence-corrected chi connectivity index (χ4v) is 2.42. The fourth-order valence-electron chi connectivity index (χ4n) is 2.42. The molecule has 20 heavy (non-hydrogen) atoms. The average molecular weight is 277 g/mol. The third-order valence-electron chi connectivity index (χ3n) is 3.54. The zero-order chi connectivity index (χ0) is 15.0. The lowest BCUT2D eigenvalue weighted by atomic mass is 10.1. The molecule has 1 aromatic rings. The molecule has 0 bridgehead atoms. The highest BCUT2D eigenvalue weighted by molar-refractivity contribution is 5.09. The average Bonchev–Trinajstić information content (AvgIpc) is 2.37. The quantitative estimate of drug-likeness (QED) is 0.751. The third kappa shape index (κ3) is 6.49. The molecule has 114 valence electrons. The molecule has 0 amide bonds. The Labute approximate surface area is 124 Å². The van der Waals surface area contributed by atoms with Crippen LogP contribution in [-0.4, -0.2) is 36.1 Å². The first-order valence-electron chi connectivity index (χ1n) is 7.86. The van der Waals surface area contributed by atoms with Gasteiger partial charge in [-0.1, -0.05) is 33.3 Å². The number of aromatic nitrogens is 1. The Morgan fingerprint density at radius 3 is 2.60 bits per heavy atom. The van der Waals surface area contributed by atoms with Crippen molar-refractivity contribution in [1.82, 2.24) is 15.2 Å². The maximum atomic E-state index is 4.60. The van der Waals surface area contributed by atoms with E-state index in [1.54, 1.807) is 0 Å². The maximum absolute atomic E-state index is 4.60. The predicted octanol–water partition coefficient (Wildman–Crippen LogP) is 3.24. The minimum absolute atomic E-state index is 0.584. The van der Waals surface area contributed by atoms with E-state index >= 15 is 0 Å². The minimum Gasteiger partial charge on any atom is -0.315 e. The van der Waals surface area contributed by atoms with Crippen molar-refractivity contribution in [3.05, 3.63) is 29.6 Å². The number of aryl methyl sites for hydroxylation is 1. The van der Waals surface area contributed by atoms with Gasteiger partial charge in [0.2, 0.25) is 0 Å². The van der Waals surface area contributed by atoms with Gasteiger partial charge in [-0.2, -0.15) is 0 Å². The molecule has 0 fully saturated rings. The Morgan fingerprint density at radius 1 is 1.25 bits per heavy atom. The molecule has 1 rings (SSSR count). The van der Waals surface area contributed by atoms with Gasteiger partial charge in [-0.05, 0) is 45.0 Å². The topological polar surface area (TPSA) is 28.2 Å². The van der Waals surface area contributed by atoms with Crippen LogP contribution in [0.25, 0.3) is 0 Å². The molecule has 3 nitrogen and oxygen atoms in total. The molecule has 0 radical (unpaired) electrons. The van der Waals surface area contributed by atoms with Crippen LogP contribution in [0.4, 0.5) is 0 Å². The van der Waals surface area contributed by atoms with Crippen molar-refractivity contribution >= 4 is 0 Å². The van der Waals surface area contributed by atoms with E-state index in [0.717, 1.165) is 31.0 Å². The summed E-state index contributed by atoms with van der Waals surface area (Å²) < 4.78 is 0. The van der Waals surface area contributed by atoms with Gasteiger partial charge in [-0.3, -0.25) is 9.88 Å². The minimum atomic E-state index is 0.584. The van der Waals surface area contributed by atoms with Crippen LogP contribution in [0.1, 0.15) is 45.0 Å². The van der Waals surface area contributed by atoms with E-state index in [9.17, 15) is 0 Å². The first kappa shape index (κ1) is 17.1. The van der Waals surface area contributed by atoms with Crippen LogP contribution >= 0.6 is 0 Å². The lowest BCUT2D eigenvalue weighted by molar-refractivity contribution is 0.211. The van der Waals surface area contributed by atoms with Gasteiger partial charge in [0.1, 0.15) is 0 Å². The van der Waals surface area contributed by atoms with Crippen molar-refractivity contribution in [1.29, 1.82) is 0 Å². The number of hydrogen-bond acceptors (Lipinski definition) is 3. The van der Waals surface area contributed by atoms with E-state index in [-0.39, 0.29) is 0 Å². The normalized spacial score (nSPS) is 13.2. The first-order chi connectivity index (χ1) is 9.52. The van der Waals surface area contributed by atoms with E-state index in [1.807, 2.05) is 0 Å². The van der Waals surface area contributed by atoms with Gasteiger partial charge in [0.05, 0.1) is 5.69 Å². The first-order valence-corrected chi connectivity index (χ1v) is 7.86. The van der Waals surface area contributed by atoms with Gasteiger partial charge in [0, 0.05) is 24.8 Å². The summed E-state index contributed by atoms with van der Waals surface area (Å²) in [6.45, 7) is 11.9. The summed E-state index contributed by atoms with van der Waals surface area (Å²) >= 11 is 0. The Bertz CT molecular complexity index is 376. The monoisotopic (exact) mass is 277 g/mol. The molecule has 1 unspecified atom stereocenters. The van der Waals surface area contributed by atoms with E-state index in [4.69, 9.17) is 0 Å². The molecule has 1 aromatic heterocycles. The molecule has 0 saturated carbocycles. The number of hydrogen-bond donors (Lipinski definition) is 1. The highest BCUT2D eigenvalue weighted by Gasteiger charge is 2.14. The molecular weight excluding hydrogens is 246 g/mol. The summed E-state index contributed by atoms with van der Waals surface area (Å²) in [5.41, 5.74) is 2.26. The summed E-state index contributed by atoms with van der Waals surface area (Å²) in [6.07, 6.45) is 2.45. The summed E-state index contributed by atoms with van der Waals surface area (Å²) in [5, 5.41) is 3.59. The Kier molecular flexibility index (Phi) is 7.78. The highest BCUT2D eigenvalue weighted by Crippen LogP contribution is 2.09. The van der Waals surface area contributed by atoms with Crippen LogP contribution in [-0.2, 0) is 6.54 Å². The fraction of sp³-hybridized carbons (Fsp3) is 0.706. The lowest BCUT2D eigenvalue weighted by Crippen LogP contribution is -2.40. The van der Waals surface area contributed by atoms with Crippen molar-refractivity contribution in [3.63, 3.8) is 0 Å². The van der Waals surface area contributed by atoms with Crippen molar-refractivity contribution in [2.24, 2.45) is 5.92 Å². The summed E-state index contributed by atoms with van der Waals surface area (Å²) in [5.74, 6) is 0.709. The molecule has 3 heteroatoms. The zero-order valence-electron chi connectivity index (χ0n) is 13.8. The van der Waals surface area contributed by atoms with Crippen LogP contribution < -0.4 is 5.32 Å². The Balaban J connectivity index is 2.52. The molecule has 1 N–H and O–H groups in total. The second-order valence-electron chi connectivity index (χ2n) is 6.18. The number of nitrogens with one attached hydrogen (secondary N) is 1. The van der Waals surface area contributed by atoms with E-state index < -0.39 is 0 Å². The smallest absolute Gasteiger partial charge is 0.0547 e. The zero-order valence-corrected chi connectivity index (χ0v) is 13.8. The highest BCUT2D eigenvalue weighted by atomic mass is 15.2. The van der Waals surface area contributed by atoms with Gasteiger partial charge in [-0.15, -0.1) is 0 Å². The van der Waals surface area contributed by atoms with E-state index in [0.29, 0.717) is 12.0 Å². The third-order valence-corrected chi connectivity index (χ3v) is 3.54. The van der Waals surface area contributed by atoms with E-state index in [2.05, 4.69) is 68.1 Å². The lowest BCUT2D eigenvalue weighted by Gasteiger charge is -2.28. The molecule has 0 spiro atoms. The van der Waals surface area contributed by atoms with Crippen LogP contribution in [0.15, 0.2) is 18.2 Å². The van der Waals surface area contributed by atoms with Crippen LogP contribution in [0.3, 0.4) is 0 Å². The molecule has 0 aliphatic heterocycles. The van der Waals surface area contributed by atoms with Gasteiger partial charge >= 0.3 is 0 Å². The molecule has 1 atom stereocenters. The second kappa shape index (κ2) is 9.09. The van der Waals surface area contributed by atoms with Gasteiger partial charge in [-0.25, -0.2) is 0 Å². The van der Waals surface area contributed by atoms with Gasteiger partial charge in [0.15, 0.2) is 0 Å². The SMILES string of the molecule is CCCC(CNCC(C)C)N(C)Cc1cccc(C)n1. The molecule has 0 saturated heterocycles. The molecule has 0 aliphatic carbocycles.